The predicted molar refractivity (Wildman–Crippen MR) is 124 cm³/mol. The molecule has 1 aliphatic rings. The van der Waals surface area contributed by atoms with E-state index in [2.05, 4.69) is 51.4 Å². The van der Waals surface area contributed by atoms with Crippen molar-refractivity contribution in [2.45, 2.75) is 82.1 Å². The molecule has 0 aromatic rings. The first-order valence-corrected chi connectivity index (χ1v) is 10.3. The van der Waals surface area contributed by atoms with Gasteiger partial charge in [0, 0.05) is 18.2 Å². The molecule has 0 heterocycles. The lowest BCUT2D eigenvalue weighted by molar-refractivity contribution is 0.397. The van der Waals surface area contributed by atoms with E-state index in [0.717, 1.165) is 24.1 Å². The molecule has 0 radical (unpaired) electrons. The van der Waals surface area contributed by atoms with E-state index in [1.807, 2.05) is 54.7 Å². The smallest absolute Gasteiger partial charge is 0.0496 e. The minimum absolute atomic E-state index is 0.132. The number of hydrogen-bond donors (Lipinski definition) is 1. The fourth-order valence-corrected chi connectivity index (χ4v) is 3.10. The quantitative estimate of drug-likeness (QED) is 0.554. The fraction of sp³-hybridized carbons (Fsp3) is 0.625. The van der Waals surface area contributed by atoms with E-state index in [4.69, 9.17) is 5.73 Å². The van der Waals surface area contributed by atoms with Crippen molar-refractivity contribution in [3.8, 4) is 0 Å². The number of allylic oxidation sites excluding steroid dienone is 6. The fourth-order valence-electron chi connectivity index (χ4n) is 3.10. The SMILES string of the molecule is C=CC1=C(/C=C\C)C(C)(C(C)C)C(=NC)/C(=C\N)CC1.CC.CC.CC. The van der Waals surface area contributed by atoms with Gasteiger partial charge in [0.05, 0.1) is 0 Å². The molecule has 1 rings (SSSR count). The van der Waals surface area contributed by atoms with Crippen LogP contribution in [0, 0.1) is 11.3 Å². The Bertz CT molecular complexity index is 490. The molecule has 1 unspecified atom stereocenters. The van der Waals surface area contributed by atoms with E-state index in [-0.39, 0.29) is 5.41 Å². The molecule has 1 atom stereocenters. The molecule has 0 aromatic carbocycles. The van der Waals surface area contributed by atoms with Crippen LogP contribution in [0.25, 0.3) is 0 Å². The van der Waals surface area contributed by atoms with Crippen LogP contribution in [0.4, 0.5) is 0 Å². The van der Waals surface area contributed by atoms with Crippen LogP contribution in [0.15, 0.2) is 52.7 Å². The van der Waals surface area contributed by atoms with Gasteiger partial charge in [-0.15, -0.1) is 0 Å². The van der Waals surface area contributed by atoms with Gasteiger partial charge in [-0.05, 0) is 55.5 Å². The Hall–Kier alpha value is -1.57. The van der Waals surface area contributed by atoms with Gasteiger partial charge in [0.15, 0.2) is 0 Å². The summed E-state index contributed by atoms with van der Waals surface area (Å²) in [5.74, 6) is 0.426. The zero-order chi connectivity index (χ0) is 21.3. The molecule has 0 fully saturated rings. The third-order valence-electron chi connectivity index (χ3n) is 4.52. The van der Waals surface area contributed by atoms with Crippen molar-refractivity contribution in [3.05, 3.63) is 47.7 Å². The summed E-state index contributed by atoms with van der Waals surface area (Å²) in [5.41, 5.74) is 10.6. The minimum Gasteiger partial charge on any atom is -0.404 e. The molecule has 0 aromatic heterocycles. The monoisotopic (exact) mass is 362 g/mol. The standard InChI is InChI=1S/C18H28N2.3C2H6/c1-7-9-16-14(8-2)10-11-15(12-19)17(20-6)18(16,5)13(3)4;3*1-2/h7-9,12-13H,2,10-11,19H2,1,3-6H3;3*1-2H3/b9-7-,15-12-,20-17?;;;. The molecule has 0 spiro atoms. The van der Waals surface area contributed by atoms with Crippen LogP contribution >= 0.6 is 0 Å². The Morgan fingerprint density at radius 2 is 1.58 bits per heavy atom. The zero-order valence-corrected chi connectivity index (χ0v) is 19.5. The van der Waals surface area contributed by atoms with Crippen LogP contribution < -0.4 is 5.73 Å². The molecule has 2 N–H and O–H groups in total. The van der Waals surface area contributed by atoms with Crippen molar-refractivity contribution in [2.75, 3.05) is 7.05 Å². The van der Waals surface area contributed by atoms with E-state index in [9.17, 15) is 0 Å². The number of nitrogens with zero attached hydrogens (tertiary/aromatic N) is 1. The van der Waals surface area contributed by atoms with Crippen LogP contribution in [-0.4, -0.2) is 12.8 Å². The molecular weight excluding hydrogens is 316 g/mol. The maximum Gasteiger partial charge on any atom is 0.0496 e. The Morgan fingerprint density at radius 1 is 1.08 bits per heavy atom. The summed E-state index contributed by atoms with van der Waals surface area (Å²) in [4.78, 5) is 4.60. The number of nitrogens with two attached hydrogens (primary N) is 1. The summed E-state index contributed by atoms with van der Waals surface area (Å²) in [7, 11) is 1.87. The first kappa shape index (κ1) is 29.2. The third kappa shape index (κ3) is 6.97. The van der Waals surface area contributed by atoms with Crippen molar-refractivity contribution in [1.29, 1.82) is 0 Å². The molecule has 152 valence electrons. The predicted octanol–water partition coefficient (Wildman–Crippen LogP) is 7.49. The van der Waals surface area contributed by atoms with Gasteiger partial charge in [-0.1, -0.05) is 80.2 Å². The average molecular weight is 363 g/mol. The summed E-state index contributed by atoms with van der Waals surface area (Å²) >= 11 is 0. The second-order valence-electron chi connectivity index (χ2n) is 5.76. The lowest BCUT2D eigenvalue weighted by Crippen LogP contribution is -2.36. The van der Waals surface area contributed by atoms with E-state index in [1.54, 1.807) is 6.20 Å². The van der Waals surface area contributed by atoms with Crippen LogP contribution in [-0.2, 0) is 0 Å². The second kappa shape index (κ2) is 16.9. The third-order valence-corrected chi connectivity index (χ3v) is 4.52. The molecule has 1 aliphatic carbocycles. The van der Waals surface area contributed by atoms with Gasteiger partial charge in [0.1, 0.15) is 0 Å². The first-order chi connectivity index (χ1) is 12.5. The van der Waals surface area contributed by atoms with Crippen molar-refractivity contribution in [2.24, 2.45) is 22.1 Å². The van der Waals surface area contributed by atoms with Crippen molar-refractivity contribution in [1.82, 2.24) is 0 Å². The highest BCUT2D eigenvalue weighted by Crippen LogP contribution is 2.45. The lowest BCUT2D eigenvalue weighted by atomic mass is 9.67. The van der Waals surface area contributed by atoms with Gasteiger partial charge < -0.3 is 5.73 Å². The van der Waals surface area contributed by atoms with E-state index >= 15 is 0 Å². The number of rotatable bonds is 3. The van der Waals surface area contributed by atoms with E-state index in [1.165, 1.54) is 11.1 Å². The van der Waals surface area contributed by atoms with Gasteiger partial charge in [0.25, 0.3) is 0 Å². The normalized spacial score (nSPS) is 22.8. The van der Waals surface area contributed by atoms with Crippen molar-refractivity contribution < 1.29 is 0 Å². The molecule has 0 saturated heterocycles. The van der Waals surface area contributed by atoms with Gasteiger partial charge in [-0.3, -0.25) is 4.99 Å². The molecular formula is C24H46N2. The van der Waals surface area contributed by atoms with Crippen molar-refractivity contribution >= 4 is 5.71 Å². The van der Waals surface area contributed by atoms with Crippen LogP contribution in [0.3, 0.4) is 0 Å². The summed E-state index contributed by atoms with van der Waals surface area (Å²) in [6, 6.07) is 0. The van der Waals surface area contributed by atoms with Gasteiger partial charge in [0.2, 0.25) is 0 Å². The Balaban J connectivity index is -0.000000795. The maximum atomic E-state index is 5.86. The van der Waals surface area contributed by atoms with Gasteiger partial charge in [-0.25, -0.2) is 0 Å². The van der Waals surface area contributed by atoms with E-state index in [0.29, 0.717) is 5.92 Å². The maximum absolute atomic E-state index is 5.86. The van der Waals surface area contributed by atoms with Gasteiger partial charge in [-0.2, -0.15) is 0 Å². The number of aliphatic imine (C=N–C) groups is 1. The van der Waals surface area contributed by atoms with Crippen LogP contribution in [0.1, 0.15) is 82.1 Å². The highest BCUT2D eigenvalue weighted by atomic mass is 14.7. The summed E-state index contributed by atoms with van der Waals surface area (Å²) in [6.45, 7) is 24.8. The van der Waals surface area contributed by atoms with Crippen LogP contribution in [0.5, 0.6) is 0 Å². The molecule has 0 bridgehead atoms. The Labute approximate surface area is 165 Å². The molecule has 26 heavy (non-hydrogen) atoms. The summed E-state index contributed by atoms with van der Waals surface area (Å²) in [5, 5.41) is 0. The molecule has 0 saturated carbocycles. The largest absolute Gasteiger partial charge is 0.404 e. The second-order valence-corrected chi connectivity index (χ2v) is 5.76. The average Bonchev–Trinajstić information content (AvgIpc) is 2.81. The lowest BCUT2D eigenvalue weighted by Gasteiger charge is -2.37. The van der Waals surface area contributed by atoms with Gasteiger partial charge >= 0.3 is 0 Å². The Morgan fingerprint density at radius 3 is 1.88 bits per heavy atom. The summed E-state index contributed by atoms with van der Waals surface area (Å²) in [6.07, 6.45) is 9.91. The highest BCUT2D eigenvalue weighted by molar-refractivity contribution is 6.07. The Kier molecular flexibility index (Phi) is 19.0. The molecule has 2 nitrogen and oxygen atoms in total. The van der Waals surface area contributed by atoms with Crippen molar-refractivity contribution in [3.63, 3.8) is 0 Å². The molecule has 0 aliphatic heterocycles. The number of hydrogen-bond acceptors (Lipinski definition) is 2. The topological polar surface area (TPSA) is 38.4 Å². The highest BCUT2D eigenvalue weighted by Gasteiger charge is 2.40. The zero-order valence-electron chi connectivity index (χ0n) is 19.5. The van der Waals surface area contributed by atoms with Crippen LogP contribution in [0.2, 0.25) is 0 Å². The first-order valence-electron chi connectivity index (χ1n) is 10.3. The summed E-state index contributed by atoms with van der Waals surface area (Å²) < 4.78 is 0. The minimum atomic E-state index is -0.132. The molecule has 0 amide bonds. The molecule has 2 heteroatoms. The van der Waals surface area contributed by atoms with E-state index < -0.39 is 0 Å².